The number of carbonyl (C=O) groups is 2. The predicted octanol–water partition coefficient (Wildman–Crippen LogP) is 1.51. The highest BCUT2D eigenvalue weighted by molar-refractivity contribution is 6.00. The summed E-state index contributed by atoms with van der Waals surface area (Å²) in [7, 11) is 3.45. The fourth-order valence-electron chi connectivity index (χ4n) is 5.08. The van der Waals surface area contributed by atoms with Gasteiger partial charge in [-0.1, -0.05) is 0 Å². The summed E-state index contributed by atoms with van der Waals surface area (Å²) in [5.41, 5.74) is 3.15. The van der Waals surface area contributed by atoms with Crippen LogP contribution in [0.5, 0.6) is 0 Å². The Labute approximate surface area is 219 Å². The van der Waals surface area contributed by atoms with Crippen LogP contribution in [0.2, 0.25) is 0 Å². The largest absolute Gasteiger partial charge is 0.379 e. The number of methoxy groups -OCH3 is 1. The third kappa shape index (κ3) is 4.25. The maximum Gasteiger partial charge on any atom is 0.257 e. The van der Waals surface area contributed by atoms with Gasteiger partial charge in [0.15, 0.2) is 5.65 Å². The van der Waals surface area contributed by atoms with Crippen LogP contribution in [0.25, 0.3) is 28.3 Å². The van der Waals surface area contributed by atoms with E-state index in [0.717, 1.165) is 24.0 Å². The van der Waals surface area contributed by atoms with Gasteiger partial charge in [0.25, 0.3) is 5.91 Å². The minimum atomic E-state index is -0.233. The van der Waals surface area contributed by atoms with Crippen LogP contribution in [-0.2, 0) is 20.8 Å². The zero-order valence-electron chi connectivity index (χ0n) is 21.4. The number of morpholine rings is 1. The summed E-state index contributed by atoms with van der Waals surface area (Å²) in [6.45, 7) is 2.51. The molecule has 2 fully saturated rings. The van der Waals surface area contributed by atoms with Gasteiger partial charge in [-0.25, -0.2) is 9.97 Å². The smallest absolute Gasteiger partial charge is 0.257 e. The van der Waals surface area contributed by atoms with E-state index in [1.165, 1.54) is 6.20 Å². The highest BCUT2D eigenvalue weighted by atomic mass is 16.5. The van der Waals surface area contributed by atoms with Crippen molar-refractivity contribution in [2.45, 2.75) is 31.5 Å². The van der Waals surface area contributed by atoms with Crippen molar-refractivity contribution >= 4 is 23.3 Å². The van der Waals surface area contributed by atoms with Gasteiger partial charge in [0.2, 0.25) is 5.91 Å². The van der Waals surface area contributed by atoms with E-state index in [2.05, 4.69) is 20.7 Å². The van der Waals surface area contributed by atoms with Gasteiger partial charge in [-0.05, 0) is 25.0 Å². The number of fused-ring (bicyclic) bond motifs is 2. The van der Waals surface area contributed by atoms with Crippen molar-refractivity contribution in [3.05, 3.63) is 42.4 Å². The number of hydrogen-bond donors (Lipinski definition) is 2. The number of nitrogens with one attached hydrogen (secondary N) is 2. The Morgan fingerprint density at radius 2 is 2.03 bits per heavy atom. The van der Waals surface area contributed by atoms with Gasteiger partial charge >= 0.3 is 0 Å². The Morgan fingerprint density at radius 1 is 1.18 bits per heavy atom. The first-order chi connectivity index (χ1) is 18.6. The molecule has 12 nitrogen and oxygen atoms in total. The number of hydrogen-bond acceptors (Lipinski definition) is 8. The van der Waals surface area contributed by atoms with Gasteiger partial charge in [0, 0.05) is 56.8 Å². The van der Waals surface area contributed by atoms with Crippen molar-refractivity contribution < 1.29 is 19.1 Å². The third-order valence-corrected chi connectivity index (χ3v) is 7.40. The first kappa shape index (κ1) is 24.3. The van der Waals surface area contributed by atoms with E-state index < -0.39 is 0 Å². The molecule has 1 saturated carbocycles. The fourth-order valence-corrected chi connectivity index (χ4v) is 5.08. The lowest BCUT2D eigenvalue weighted by atomic mass is 9.89. The Morgan fingerprint density at radius 3 is 2.76 bits per heavy atom. The maximum atomic E-state index is 13.1. The molecule has 5 heterocycles. The molecule has 0 radical (unpaired) electrons. The molecule has 1 saturated heterocycles. The van der Waals surface area contributed by atoms with Gasteiger partial charge < -0.3 is 29.6 Å². The molecule has 0 aromatic carbocycles. The third-order valence-electron chi connectivity index (χ3n) is 7.40. The molecule has 2 amide bonds. The molecule has 0 spiro atoms. The zero-order valence-corrected chi connectivity index (χ0v) is 21.4. The second kappa shape index (κ2) is 10.0. The van der Waals surface area contributed by atoms with Crippen LogP contribution in [0.1, 0.15) is 23.2 Å². The standard InChI is InChI=1S/C26H30N8O4/c1-27-22-12-20(30-25-18(14-29-34(22)25)26(36)31-19-5-6-21(19)37-2)17-13-28-24-16(17)4-3-7-33(24)15-23(35)32-8-10-38-11-9-32/h3-4,7,12-14,19,21,27H,5-6,8-11,15H2,1-2H3,(H,31,36)/t19?,21-/m0/s1. The van der Waals surface area contributed by atoms with E-state index in [-0.39, 0.29) is 30.5 Å². The molecular weight excluding hydrogens is 488 g/mol. The summed E-state index contributed by atoms with van der Waals surface area (Å²) in [6, 6.07) is 5.72. The number of nitrogens with zero attached hydrogens (tertiary/aromatic N) is 6. The Bertz CT molecular complexity index is 1450. The lowest BCUT2D eigenvalue weighted by molar-refractivity contribution is -0.135. The molecular formula is C26H30N8O4. The predicted molar refractivity (Wildman–Crippen MR) is 139 cm³/mol. The number of aromatic nitrogens is 5. The van der Waals surface area contributed by atoms with Gasteiger partial charge in [-0.3, -0.25) is 9.59 Å². The molecule has 2 N–H and O–H groups in total. The summed E-state index contributed by atoms with van der Waals surface area (Å²) in [6.07, 6.45) is 6.99. The fraction of sp³-hybridized carbons (Fsp3) is 0.423. The summed E-state index contributed by atoms with van der Waals surface area (Å²) in [4.78, 5) is 37.3. The Balaban J connectivity index is 1.31. The minimum absolute atomic E-state index is 0.0201. The maximum absolute atomic E-state index is 13.1. The quantitative estimate of drug-likeness (QED) is 0.377. The molecule has 6 rings (SSSR count). The molecule has 12 heteroatoms. The summed E-state index contributed by atoms with van der Waals surface area (Å²) < 4.78 is 14.3. The highest BCUT2D eigenvalue weighted by Crippen LogP contribution is 2.34. The SMILES string of the molecule is CNc1cc(-c2cnc3n(CC(=O)N4CCOCC4)cccc2-3)nc2c(C(=O)NC3CC[C@@H]3OC)cnn12. The number of pyridine rings is 1. The highest BCUT2D eigenvalue weighted by Gasteiger charge is 2.33. The van der Waals surface area contributed by atoms with Crippen molar-refractivity contribution in [1.29, 1.82) is 0 Å². The molecule has 2 aromatic rings. The van der Waals surface area contributed by atoms with Crippen LogP contribution in [0.3, 0.4) is 0 Å². The normalized spacial score (nSPS) is 19.5. The number of rotatable bonds is 7. The molecule has 38 heavy (non-hydrogen) atoms. The summed E-state index contributed by atoms with van der Waals surface area (Å²) >= 11 is 0. The number of ether oxygens (including phenoxy) is 2. The summed E-state index contributed by atoms with van der Waals surface area (Å²) in [5.74, 6) is 1.18. The van der Waals surface area contributed by atoms with Gasteiger partial charge in [0.1, 0.15) is 23.8 Å². The van der Waals surface area contributed by atoms with E-state index in [4.69, 9.17) is 14.5 Å². The average Bonchev–Trinajstić information content (AvgIpc) is 3.56. The Kier molecular flexibility index (Phi) is 6.42. The number of carbonyl (C=O) groups excluding carboxylic acids is 2. The minimum Gasteiger partial charge on any atom is -0.379 e. The van der Waals surface area contributed by atoms with E-state index >= 15 is 0 Å². The van der Waals surface area contributed by atoms with E-state index in [1.54, 1.807) is 24.9 Å². The molecule has 4 aliphatic rings. The molecule has 2 aromatic heterocycles. The van der Waals surface area contributed by atoms with Crippen molar-refractivity contribution in [1.82, 2.24) is 34.4 Å². The molecule has 198 valence electrons. The van der Waals surface area contributed by atoms with Crippen LogP contribution < -0.4 is 10.6 Å². The van der Waals surface area contributed by atoms with Crippen LogP contribution in [0.4, 0.5) is 5.82 Å². The van der Waals surface area contributed by atoms with Crippen molar-refractivity contribution in [2.75, 3.05) is 45.8 Å². The lowest BCUT2D eigenvalue weighted by Gasteiger charge is -2.35. The molecule has 1 aliphatic carbocycles. The topological polar surface area (TPSA) is 128 Å². The first-order valence-electron chi connectivity index (χ1n) is 12.8. The van der Waals surface area contributed by atoms with Crippen LogP contribution in [0, 0.1) is 0 Å². The second-order valence-corrected chi connectivity index (χ2v) is 9.54. The lowest BCUT2D eigenvalue weighted by Crippen LogP contribution is -2.51. The van der Waals surface area contributed by atoms with Crippen molar-refractivity contribution in [3.8, 4) is 22.6 Å². The number of anilines is 1. The van der Waals surface area contributed by atoms with Crippen LogP contribution in [0.15, 0.2) is 36.8 Å². The number of amides is 2. The van der Waals surface area contributed by atoms with Crippen molar-refractivity contribution in [3.63, 3.8) is 0 Å². The molecule has 0 bridgehead atoms. The van der Waals surface area contributed by atoms with Gasteiger partial charge in [0.05, 0.1) is 37.3 Å². The average molecular weight is 519 g/mol. The van der Waals surface area contributed by atoms with E-state index in [9.17, 15) is 9.59 Å². The zero-order chi connectivity index (χ0) is 26.2. The van der Waals surface area contributed by atoms with E-state index in [0.29, 0.717) is 54.9 Å². The molecule has 1 unspecified atom stereocenters. The first-order valence-corrected chi connectivity index (χ1v) is 12.8. The monoisotopic (exact) mass is 518 g/mol. The second-order valence-electron chi connectivity index (χ2n) is 9.54. The molecule has 3 aliphatic heterocycles. The Hall–Kier alpha value is -4.03. The van der Waals surface area contributed by atoms with Gasteiger partial charge in [-0.15, -0.1) is 0 Å². The van der Waals surface area contributed by atoms with E-state index in [1.807, 2.05) is 33.9 Å². The van der Waals surface area contributed by atoms with Crippen LogP contribution in [-0.4, -0.2) is 93.5 Å². The van der Waals surface area contributed by atoms with Crippen molar-refractivity contribution in [2.24, 2.45) is 0 Å². The summed E-state index contributed by atoms with van der Waals surface area (Å²) in [5, 5.41) is 10.6. The van der Waals surface area contributed by atoms with Gasteiger partial charge in [-0.2, -0.15) is 9.61 Å². The van der Waals surface area contributed by atoms with Crippen LogP contribution >= 0.6 is 0 Å². The molecule has 2 atom stereocenters.